The zero-order chi connectivity index (χ0) is 30.0. The third-order valence-electron chi connectivity index (χ3n) is 6.73. The van der Waals surface area contributed by atoms with Gasteiger partial charge in [-0.3, -0.25) is 14.4 Å². The van der Waals surface area contributed by atoms with Gasteiger partial charge in [-0.25, -0.2) is 0 Å². The molecule has 12 nitrogen and oxygen atoms in total. The van der Waals surface area contributed by atoms with Gasteiger partial charge in [0.25, 0.3) is 5.91 Å². The number of fused-ring (bicyclic) bond motifs is 1. The number of ether oxygens (including phenoxy) is 1. The molecule has 3 rings (SSSR count). The second-order valence-electron chi connectivity index (χ2n) is 10.8. The number of phenols is 1. The largest absolute Gasteiger partial charge is 0.506 e. The molecule has 2 aromatic rings. The molecule has 2 aromatic carbocycles. The summed E-state index contributed by atoms with van der Waals surface area (Å²) in [5.74, 6) is -0.604. The van der Waals surface area contributed by atoms with E-state index in [9.17, 15) is 24.6 Å². The Morgan fingerprint density at radius 3 is 2.59 bits per heavy atom. The Bertz CT molecular complexity index is 1200. The van der Waals surface area contributed by atoms with Crippen LogP contribution in [0.25, 0.3) is 0 Å². The molecule has 0 bridgehead atoms. The van der Waals surface area contributed by atoms with Crippen LogP contribution in [0.1, 0.15) is 56.8 Å². The molecular formula is C29H42N6O6. The molecule has 0 radical (unpaired) electrons. The predicted molar refractivity (Wildman–Crippen MR) is 157 cm³/mol. The monoisotopic (exact) mass is 570 g/mol. The first kappa shape index (κ1) is 31.8. The molecule has 224 valence electrons. The van der Waals surface area contributed by atoms with Gasteiger partial charge in [0, 0.05) is 36.3 Å². The van der Waals surface area contributed by atoms with Crippen LogP contribution in [0, 0.1) is 0 Å². The number of aromatic hydroxyl groups is 1. The molecule has 2 unspecified atom stereocenters. The number of anilines is 2. The number of hydrogen-bond donors (Lipinski definition) is 8. The summed E-state index contributed by atoms with van der Waals surface area (Å²) in [6.45, 7) is 4.93. The second-order valence-corrected chi connectivity index (χ2v) is 10.8. The van der Waals surface area contributed by atoms with E-state index in [1.807, 2.05) is 38.1 Å². The van der Waals surface area contributed by atoms with Gasteiger partial charge in [0.15, 0.2) is 12.4 Å². The zero-order valence-corrected chi connectivity index (χ0v) is 23.7. The van der Waals surface area contributed by atoms with Crippen molar-refractivity contribution in [2.24, 2.45) is 11.5 Å². The molecule has 0 aliphatic carbocycles. The third kappa shape index (κ3) is 9.71. The van der Waals surface area contributed by atoms with E-state index < -0.39 is 12.1 Å². The lowest BCUT2D eigenvalue weighted by Crippen LogP contribution is -2.43. The minimum absolute atomic E-state index is 0.125. The van der Waals surface area contributed by atoms with Crippen LogP contribution in [0.15, 0.2) is 36.4 Å². The number of amides is 3. The van der Waals surface area contributed by atoms with Crippen molar-refractivity contribution in [2.75, 3.05) is 36.9 Å². The number of aliphatic hydroxyl groups is 1. The summed E-state index contributed by atoms with van der Waals surface area (Å²) in [6.07, 6.45) is 1.71. The number of β-amino-alcohol motifs (C(OH)–C–C–N with tert-alkyl or cyclic N) is 1. The first-order valence-corrected chi connectivity index (χ1v) is 13.8. The Morgan fingerprint density at radius 1 is 1.15 bits per heavy atom. The molecule has 1 aliphatic rings. The molecule has 1 heterocycles. The van der Waals surface area contributed by atoms with E-state index in [4.69, 9.17) is 16.2 Å². The van der Waals surface area contributed by atoms with Crippen LogP contribution in [0.4, 0.5) is 11.4 Å². The van der Waals surface area contributed by atoms with Crippen molar-refractivity contribution < 1.29 is 29.3 Å². The fourth-order valence-corrected chi connectivity index (χ4v) is 4.49. The molecule has 1 aliphatic heterocycles. The predicted octanol–water partition coefficient (Wildman–Crippen LogP) is 1.27. The second kappa shape index (κ2) is 14.8. The van der Waals surface area contributed by atoms with Crippen LogP contribution in [-0.2, 0) is 20.8 Å². The summed E-state index contributed by atoms with van der Waals surface area (Å²) in [5, 5.41) is 32.4. The van der Waals surface area contributed by atoms with Gasteiger partial charge < -0.3 is 47.7 Å². The van der Waals surface area contributed by atoms with Crippen molar-refractivity contribution in [3.8, 4) is 11.5 Å². The Balaban J connectivity index is 1.43. The number of nitrogens with one attached hydrogen (secondary N) is 4. The zero-order valence-electron chi connectivity index (χ0n) is 23.7. The van der Waals surface area contributed by atoms with Crippen molar-refractivity contribution in [1.29, 1.82) is 0 Å². The van der Waals surface area contributed by atoms with Gasteiger partial charge in [-0.1, -0.05) is 12.1 Å². The first-order valence-electron chi connectivity index (χ1n) is 13.8. The number of phenolic OH excluding ortho intramolecular Hbond substituents is 1. The third-order valence-corrected chi connectivity index (χ3v) is 6.73. The number of benzene rings is 2. The van der Waals surface area contributed by atoms with Crippen molar-refractivity contribution >= 4 is 29.1 Å². The van der Waals surface area contributed by atoms with E-state index in [2.05, 4.69) is 21.3 Å². The number of hydrogen-bond acceptors (Lipinski definition) is 9. The van der Waals surface area contributed by atoms with Gasteiger partial charge in [0.1, 0.15) is 11.4 Å². The van der Waals surface area contributed by atoms with Gasteiger partial charge in [0.05, 0.1) is 12.1 Å². The summed E-state index contributed by atoms with van der Waals surface area (Å²) in [5.41, 5.74) is 13.2. The van der Waals surface area contributed by atoms with E-state index in [0.717, 1.165) is 5.56 Å². The smallest absolute Gasteiger partial charge is 0.262 e. The highest BCUT2D eigenvalue weighted by molar-refractivity contribution is 5.97. The SMILES string of the molecule is CC(C)(Cc1ccc(NC(=O)CCCNC(=O)C(N)CCCN)cc1)NCC(O)c1ccc(O)c2c1OCC(=O)N2. The molecule has 0 aromatic heterocycles. The highest BCUT2D eigenvalue weighted by Gasteiger charge is 2.27. The van der Waals surface area contributed by atoms with E-state index >= 15 is 0 Å². The van der Waals surface area contributed by atoms with Crippen molar-refractivity contribution in [1.82, 2.24) is 10.6 Å². The molecule has 41 heavy (non-hydrogen) atoms. The van der Waals surface area contributed by atoms with Gasteiger partial charge in [-0.15, -0.1) is 0 Å². The summed E-state index contributed by atoms with van der Waals surface area (Å²) >= 11 is 0. The highest BCUT2D eigenvalue weighted by Crippen LogP contribution is 2.41. The molecule has 0 fully saturated rings. The highest BCUT2D eigenvalue weighted by atomic mass is 16.5. The average molecular weight is 571 g/mol. The Labute approximate surface area is 240 Å². The Morgan fingerprint density at radius 2 is 1.88 bits per heavy atom. The number of aliphatic hydroxyl groups excluding tert-OH is 1. The van der Waals surface area contributed by atoms with E-state index in [1.165, 1.54) is 6.07 Å². The van der Waals surface area contributed by atoms with Crippen LogP contribution in [-0.4, -0.2) is 65.8 Å². The van der Waals surface area contributed by atoms with Gasteiger partial charge >= 0.3 is 0 Å². The van der Waals surface area contributed by atoms with Crippen molar-refractivity contribution in [3.63, 3.8) is 0 Å². The number of rotatable bonds is 15. The van der Waals surface area contributed by atoms with Gasteiger partial charge in [-0.2, -0.15) is 0 Å². The molecule has 0 saturated heterocycles. The molecule has 12 heteroatoms. The first-order chi connectivity index (χ1) is 19.5. The fourth-order valence-electron chi connectivity index (χ4n) is 4.49. The maximum absolute atomic E-state index is 12.3. The normalized spacial score (nSPS) is 14.3. The molecule has 3 amide bonds. The van der Waals surface area contributed by atoms with Crippen LogP contribution in [0.2, 0.25) is 0 Å². The maximum atomic E-state index is 12.3. The van der Waals surface area contributed by atoms with E-state index in [0.29, 0.717) is 50.0 Å². The lowest BCUT2D eigenvalue weighted by Gasteiger charge is -2.29. The number of carbonyl (C=O) groups excluding carboxylic acids is 3. The Kier molecular flexibility index (Phi) is 11.5. The lowest BCUT2D eigenvalue weighted by atomic mass is 9.94. The van der Waals surface area contributed by atoms with Crippen LogP contribution >= 0.6 is 0 Å². The van der Waals surface area contributed by atoms with Gasteiger partial charge in [0.2, 0.25) is 11.8 Å². The van der Waals surface area contributed by atoms with Crippen molar-refractivity contribution in [2.45, 2.75) is 63.6 Å². The van der Waals surface area contributed by atoms with Crippen LogP contribution in [0.3, 0.4) is 0 Å². The van der Waals surface area contributed by atoms with Crippen molar-refractivity contribution in [3.05, 3.63) is 47.5 Å². The molecule has 2 atom stereocenters. The average Bonchev–Trinajstić information content (AvgIpc) is 2.94. The number of nitrogens with two attached hydrogens (primary N) is 2. The van der Waals surface area contributed by atoms with Gasteiger partial charge in [-0.05, 0) is 75.9 Å². The van der Waals surface area contributed by atoms with Crippen LogP contribution < -0.4 is 37.5 Å². The summed E-state index contributed by atoms with van der Waals surface area (Å²) in [7, 11) is 0. The lowest BCUT2D eigenvalue weighted by molar-refractivity contribution is -0.123. The number of carbonyl (C=O) groups is 3. The summed E-state index contributed by atoms with van der Waals surface area (Å²) in [4.78, 5) is 35.8. The fraction of sp³-hybridized carbons (Fsp3) is 0.483. The summed E-state index contributed by atoms with van der Waals surface area (Å²) in [6, 6.07) is 9.96. The topological polar surface area (TPSA) is 201 Å². The molecular weight excluding hydrogens is 528 g/mol. The van der Waals surface area contributed by atoms with E-state index in [1.54, 1.807) is 6.07 Å². The standard InChI is InChI=1S/C29H42N6O6/c1-29(2,33-16-23(37)20-11-12-22(36)26-27(20)41-17-25(39)35-26)15-18-7-9-19(10-8-18)34-24(38)6-4-14-32-28(40)21(31)5-3-13-30/h7-12,21,23,33,36-37H,3-6,13-17,30-31H2,1-2H3,(H,32,40)(H,34,38)(H,35,39). The molecule has 10 N–H and O–H groups in total. The quantitative estimate of drug-likeness (QED) is 0.115. The minimum atomic E-state index is -0.933. The minimum Gasteiger partial charge on any atom is -0.506 e. The molecule has 0 spiro atoms. The van der Waals surface area contributed by atoms with Crippen LogP contribution in [0.5, 0.6) is 11.5 Å². The summed E-state index contributed by atoms with van der Waals surface area (Å²) < 4.78 is 5.48. The maximum Gasteiger partial charge on any atom is 0.262 e. The molecule has 0 saturated carbocycles. The van der Waals surface area contributed by atoms with E-state index in [-0.39, 0.29) is 60.0 Å². The Hall–Kier alpha value is -3.71.